The van der Waals surface area contributed by atoms with E-state index in [1.165, 1.54) is 32.1 Å². The number of rotatable bonds is 6. The lowest BCUT2D eigenvalue weighted by atomic mass is 9.89. The monoisotopic (exact) mass is 318 g/mol. The van der Waals surface area contributed by atoms with E-state index in [2.05, 4.69) is 26.5 Å². The van der Waals surface area contributed by atoms with Crippen molar-refractivity contribution in [2.75, 3.05) is 0 Å². The number of hydrogen-bond donors (Lipinski definition) is 0. The van der Waals surface area contributed by atoms with Gasteiger partial charge < -0.3 is 9.09 Å². The normalized spacial score (nSPS) is 16.0. The molecule has 1 fully saturated rings. The lowest BCUT2D eigenvalue weighted by Crippen LogP contribution is -2.12. The standard InChI is InChI=1S/C16H22N4OS/c1-3-9-20-15(13-7-5-4-6-8-13)17-18-16(20)22-11-14-10-12(2)21-19-14/h3,10,13H,1,4-9,11H2,2H3. The van der Waals surface area contributed by atoms with Gasteiger partial charge in [0.2, 0.25) is 0 Å². The molecule has 0 N–H and O–H groups in total. The molecular weight excluding hydrogens is 296 g/mol. The molecule has 0 aromatic carbocycles. The average Bonchev–Trinajstić information content (AvgIpc) is 3.13. The zero-order chi connectivity index (χ0) is 15.4. The Hall–Kier alpha value is -1.56. The summed E-state index contributed by atoms with van der Waals surface area (Å²) < 4.78 is 7.32. The SMILES string of the molecule is C=CCn1c(SCc2cc(C)on2)nnc1C1CCCCC1. The Morgan fingerprint density at radius 3 is 2.86 bits per heavy atom. The fourth-order valence-electron chi connectivity index (χ4n) is 2.99. The van der Waals surface area contributed by atoms with Gasteiger partial charge in [-0.1, -0.05) is 42.3 Å². The lowest BCUT2D eigenvalue weighted by Gasteiger charge is -2.21. The quantitative estimate of drug-likeness (QED) is 0.593. The van der Waals surface area contributed by atoms with Gasteiger partial charge in [-0.2, -0.15) is 0 Å². The molecule has 1 saturated carbocycles. The van der Waals surface area contributed by atoms with Crippen molar-refractivity contribution in [2.45, 2.75) is 62.4 Å². The smallest absolute Gasteiger partial charge is 0.191 e. The van der Waals surface area contributed by atoms with Crippen LogP contribution < -0.4 is 0 Å². The van der Waals surface area contributed by atoms with E-state index in [9.17, 15) is 0 Å². The predicted octanol–water partition coefficient (Wildman–Crippen LogP) is 4.10. The highest BCUT2D eigenvalue weighted by molar-refractivity contribution is 7.98. The first-order valence-corrected chi connectivity index (χ1v) is 8.85. The van der Waals surface area contributed by atoms with Crippen LogP contribution in [0.4, 0.5) is 0 Å². The highest BCUT2D eigenvalue weighted by Gasteiger charge is 2.23. The number of nitrogens with zero attached hydrogens (tertiary/aromatic N) is 4. The Labute approximate surface area is 135 Å². The zero-order valence-corrected chi connectivity index (χ0v) is 13.8. The van der Waals surface area contributed by atoms with Crippen LogP contribution in [0.3, 0.4) is 0 Å². The fraction of sp³-hybridized carbons (Fsp3) is 0.562. The molecule has 22 heavy (non-hydrogen) atoms. The molecule has 0 saturated heterocycles. The van der Waals surface area contributed by atoms with E-state index in [0.29, 0.717) is 5.92 Å². The number of hydrogen-bond acceptors (Lipinski definition) is 5. The van der Waals surface area contributed by atoms with Gasteiger partial charge in [-0.15, -0.1) is 16.8 Å². The van der Waals surface area contributed by atoms with Crippen LogP contribution in [0.15, 0.2) is 28.4 Å². The molecular formula is C16H22N4OS. The van der Waals surface area contributed by atoms with Gasteiger partial charge in [-0.3, -0.25) is 0 Å². The van der Waals surface area contributed by atoms with Crippen molar-refractivity contribution in [3.05, 3.63) is 36.0 Å². The summed E-state index contributed by atoms with van der Waals surface area (Å²) in [5.41, 5.74) is 0.940. The van der Waals surface area contributed by atoms with Gasteiger partial charge in [0, 0.05) is 24.3 Å². The first-order chi connectivity index (χ1) is 10.8. The van der Waals surface area contributed by atoms with Gasteiger partial charge in [0.05, 0.1) is 5.69 Å². The number of allylic oxidation sites excluding steroid dienone is 1. The Bertz CT molecular complexity index is 628. The second kappa shape index (κ2) is 7.13. The number of aryl methyl sites for hydroxylation is 1. The Morgan fingerprint density at radius 2 is 2.18 bits per heavy atom. The van der Waals surface area contributed by atoms with E-state index in [-0.39, 0.29) is 0 Å². The average molecular weight is 318 g/mol. The molecule has 0 radical (unpaired) electrons. The molecule has 0 amide bonds. The third kappa shape index (κ3) is 3.43. The van der Waals surface area contributed by atoms with Crippen molar-refractivity contribution in [3.63, 3.8) is 0 Å². The second-order valence-electron chi connectivity index (χ2n) is 5.79. The predicted molar refractivity (Wildman–Crippen MR) is 86.8 cm³/mol. The molecule has 5 nitrogen and oxygen atoms in total. The van der Waals surface area contributed by atoms with Crippen molar-refractivity contribution in [1.29, 1.82) is 0 Å². The highest BCUT2D eigenvalue weighted by Crippen LogP contribution is 2.33. The molecule has 6 heteroatoms. The van der Waals surface area contributed by atoms with Crippen LogP contribution in [0.5, 0.6) is 0 Å². The maximum atomic E-state index is 5.11. The molecule has 1 aliphatic carbocycles. The van der Waals surface area contributed by atoms with Crippen LogP contribution in [0, 0.1) is 6.92 Å². The zero-order valence-electron chi connectivity index (χ0n) is 13.0. The Balaban J connectivity index is 1.75. The largest absolute Gasteiger partial charge is 0.361 e. The van der Waals surface area contributed by atoms with Gasteiger partial charge >= 0.3 is 0 Å². The highest BCUT2D eigenvalue weighted by atomic mass is 32.2. The minimum absolute atomic E-state index is 0.546. The van der Waals surface area contributed by atoms with Crippen molar-refractivity contribution in [3.8, 4) is 0 Å². The maximum absolute atomic E-state index is 5.11. The Morgan fingerprint density at radius 1 is 1.36 bits per heavy atom. The number of thioether (sulfide) groups is 1. The first-order valence-electron chi connectivity index (χ1n) is 7.87. The van der Waals surface area contributed by atoms with Crippen molar-refractivity contribution >= 4 is 11.8 Å². The molecule has 0 atom stereocenters. The van der Waals surface area contributed by atoms with E-state index < -0.39 is 0 Å². The van der Waals surface area contributed by atoms with E-state index >= 15 is 0 Å². The van der Waals surface area contributed by atoms with Crippen LogP contribution in [-0.4, -0.2) is 19.9 Å². The van der Waals surface area contributed by atoms with Gasteiger partial charge in [0.1, 0.15) is 11.6 Å². The summed E-state index contributed by atoms with van der Waals surface area (Å²) in [6.07, 6.45) is 8.31. The van der Waals surface area contributed by atoms with Crippen LogP contribution in [-0.2, 0) is 12.3 Å². The molecule has 2 aromatic rings. The topological polar surface area (TPSA) is 56.7 Å². The van der Waals surface area contributed by atoms with E-state index in [1.54, 1.807) is 11.8 Å². The summed E-state index contributed by atoms with van der Waals surface area (Å²) in [6.45, 7) is 6.54. The Kier molecular flexibility index (Phi) is 4.97. The number of aromatic nitrogens is 4. The third-order valence-electron chi connectivity index (χ3n) is 4.05. The summed E-state index contributed by atoms with van der Waals surface area (Å²) in [5, 5.41) is 13.9. The first kappa shape index (κ1) is 15.3. The summed E-state index contributed by atoms with van der Waals surface area (Å²) in [4.78, 5) is 0. The van der Waals surface area contributed by atoms with Crippen molar-refractivity contribution in [1.82, 2.24) is 19.9 Å². The lowest BCUT2D eigenvalue weighted by molar-refractivity contribution is 0.393. The molecule has 2 aromatic heterocycles. The van der Waals surface area contributed by atoms with Crippen LogP contribution in [0.25, 0.3) is 0 Å². The molecule has 0 bridgehead atoms. The minimum atomic E-state index is 0.546. The molecule has 118 valence electrons. The van der Waals surface area contributed by atoms with Crippen molar-refractivity contribution in [2.24, 2.45) is 0 Å². The molecule has 3 rings (SSSR count). The maximum Gasteiger partial charge on any atom is 0.191 e. The minimum Gasteiger partial charge on any atom is -0.361 e. The van der Waals surface area contributed by atoms with Crippen LogP contribution in [0.2, 0.25) is 0 Å². The van der Waals surface area contributed by atoms with Gasteiger partial charge in [0.15, 0.2) is 5.16 Å². The van der Waals surface area contributed by atoms with Crippen molar-refractivity contribution < 1.29 is 4.52 Å². The van der Waals surface area contributed by atoms with Gasteiger partial charge in [0.25, 0.3) is 0 Å². The molecule has 0 aliphatic heterocycles. The van der Waals surface area contributed by atoms with Crippen LogP contribution in [0.1, 0.15) is 55.3 Å². The van der Waals surface area contributed by atoms with Gasteiger partial charge in [-0.05, 0) is 19.8 Å². The summed E-state index contributed by atoms with van der Waals surface area (Å²) in [7, 11) is 0. The third-order valence-corrected chi connectivity index (χ3v) is 5.05. The fourth-order valence-corrected chi connectivity index (χ4v) is 3.83. The van der Waals surface area contributed by atoms with Crippen LogP contribution >= 0.6 is 11.8 Å². The van der Waals surface area contributed by atoms with E-state index in [4.69, 9.17) is 4.52 Å². The summed E-state index contributed by atoms with van der Waals surface area (Å²) >= 11 is 1.66. The second-order valence-corrected chi connectivity index (χ2v) is 6.74. The van der Waals surface area contributed by atoms with E-state index in [1.807, 2.05) is 19.1 Å². The summed E-state index contributed by atoms with van der Waals surface area (Å²) in [5.74, 6) is 3.26. The molecule has 1 aliphatic rings. The van der Waals surface area contributed by atoms with E-state index in [0.717, 1.165) is 34.7 Å². The molecule has 2 heterocycles. The molecule has 0 unspecified atom stereocenters. The van der Waals surface area contributed by atoms with Gasteiger partial charge in [-0.25, -0.2) is 0 Å². The molecule has 0 spiro atoms. The summed E-state index contributed by atoms with van der Waals surface area (Å²) in [6, 6.07) is 1.96.